The van der Waals surface area contributed by atoms with E-state index in [4.69, 9.17) is 4.74 Å². The van der Waals surface area contributed by atoms with Gasteiger partial charge in [0.2, 0.25) is 0 Å². The topological polar surface area (TPSA) is 69.0 Å². The summed E-state index contributed by atoms with van der Waals surface area (Å²) in [5.41, 5.74) is 1.70. The number of anilines is 1. The normalized spacial score (nSPS) is 11.8. The molecule has 0 saturated heterocycles. The third-order valence-corrected chi connectivity index (χ3v) is 3.93. The lowest BCUT2D eigenvalue weighted by Gasteiger charge is -2.14. The second kappa shape index (κ2) is 7.27. The summed E-state index contributed by atoms with van der Waals surface area (Å²) in [5, 5.41) is 10.5. The number of hydrogen-bond donors (Lipinski definition) is 1. The molecule has 0 saturated carbocycles. The van der Waals surface area contributed by atoms with Crippen LogP contribution in [0.3, 0.4) is 0 Å². The van der Waals surface area contributed by atoms with Gasteiger partial charge in [0.05, 0.1) is 11.9 Å². The fourth-order valence-corrected chi connectivity index (χ4v) is 2.44. The molecule has 122 valence electrons. The van der Waals surface area contributed by atoms with Gasteiger partial charge in [-0.3, -0.25) is 5.32 Å². The van der Waals surface area contributed by atoms with E-state index in [0.717, 1.165) is 15.7 Å². The Balaban J connectivity index is 1.69. The van der Waals surface area contributed by atoms with Crippen LogP contribution in [0.25, 0.3) is 5.69 Å². The Labute approximate surface area is 147 Å². The molecule has 1 atom stereocenters. The Kier molecular flexibility index (Phi) is 4.90. The quantitative estimate of drug-likeness (QED) is 0.723. The first-order valence-electron chi connectivity index (χ1n) is 7.33. The molecular formula is C17H15BrN4O2. The number of halogens is 1. The molecule has 0 radical (unpaired) electrons. The van der Waals surface area contributed by atoms with Gasteiger partial charge < -0.3 is 4.74 Å². The van der Waals surface area contributed by atoms with Crippen molar-refractivity contribution < 1.29 is 9.53 Å². The van der Waals surface area contributed by atoms with Crippen molar-refractivity contribution >= 4 is 27.8 Å². The second-order valence-corrected chi connectivity index (χ2v) is 6.01. The van der Waals surface area contributed by atoms with Crippen molar-refractivity contribution in [3.05, 3.63) is 70.8 Å². The van der Waals surface area contributed by atoms with Crippen molar-refractivity contribution in [3.63, 3.8) is 0 Å². The van der Waals surface area contributed by atoms with Gasteiger partial charge >= 0.3 is 6.09 Å². The van der Waals surface area contributed by atoms with Crippen LogP contribution in [0.15, 0.2) is 65.3 Å². The highest BCUT2D eigenvalue weighted by molar-refractivity contribution is 9.10. The zero-order valence-electron chi connectivity index (χ0n) is 12.9. The maximum absolute atomic E-state index is 12.1. The number of hydrogen-bond acceptors (Lipinski definition) is 4. The number of amides is 1. The standard InChI is InChI=1S/C17H15BrN4O2/c1-12(13-5-3-2-4-6-13)24-17(23)20-16-11-19-21-22(16)15-9-7-14(18)8-10-15/h2-12H,1H3,(H,20,23)/t12-/m1/s1. The van der Waals surface area contributed by atoms with Gasteiger partial charge in [0.1, 0.15) is 6.10 Å². The van der Waals surface area contributed by atoms with E-state index < -0.39 is 6.09 Å². The number of aromatic nitrogens is 3. The van der Waals surface area contributed by atoms with Crippen LogP contribution in [-0.4, -0.2) is 21.1 Å². The SMILES string of the molecule is C[C@@H](OC(=O)Nc1cnnn1-c1ccc(Br)cc1)c1ccccc1. The van der Waals surface area contributed by atoms with Gasteiger partial charge in [0.25, 0.3) is 0 Å². The second-order valence-electron chi connectivity index (χ2n) is 5.09. The van der Waals surface area contributed by atoms with Gasteiger partial charge in [-0.2, -0.15) is 4.68 Å². The third-order valence-electron chi connectivity index (χ3n) is 3.40. The summed E-state index contributed by atoms with van der Waals surface area (Å²) in [5.74, 6) is 0.433. The number of nitrogens with one attached hydrogen (secondary N) is 1. The predicted octanol–water partition coefficient (Wildman–Crippen LogP) is 4.34. The maximum Gasteiger partial charge on any atom is 0.413 e. The van der Waals surface area contributed by atoms with Crippen molar-refractivity contribution in [2.45, 2.75) is 13.0 Å². The van der Waals surface area contributed by atoms with E-state index in [1.807, 2.05) is 61.5 Å². The Bertz CT molecular complexity index is 818. The minimum Gasteiger partial charge on any atom is -0.441 e. The van der Waals surface area contributed by atoms with E-state index in [9.17, 15) is 4.79 Å². The summed E-state index contributed by atoms with van der Waals surface area (Å²) in [6, 6.07) is 17.0. The molecular weight excluding hydrogens is 372 g/mol. The van der Waals surface area contributed by atoms with Crippen LogP contribution in [0.1, 0.15) is 18.6 Å². The first-order valence-corrected chi connectivity index (χ1v) is 8.12. The minimum absolute atomic E-state index is 0.358. The molecule has 1 heterocycles. The van der Waals surface area contributed by atoms with Crippen molar-refractivity contribution in [1.29, 1.82) is 0 Å². The summed E-state index contributed by atoms with van der Waals surface area (Å²) in [4.78, 5) is 12.1. The summed E-state index contributed by atoms with van der Waals surface area (Å²) < 4.78 is 7.88. The average molecular weight is 387 g/mol. The molecule has 0 aliphatic heterocycles. The van der Waals surface area contributed by atoms with Crippen LogP contribution in [0.2, 0.25) is 0 Å². The van der Waals surface area contributed by atoms with Crippen LogP contribution >= 0.6 is 15.9 Å². The summed E-state index contributed by atoms with van der Waals surface area (Å²) in [7, 11) is 0. The van der Waals surface area contributed by atoms with E-state index in [1.54, 1.807) is 0 Å². The summed E-state index contributed by atoms with van der Waals surface area (Å²) in [6.45, 7) is 1.82. The lowest BCUT2D eigenvalue weighted by Crippen LogP contribution is -2.18. The summed E-state index contributed by atoms with van der Waals surface area (Å²) in [6.07, 6.45) is 0.548. The van der Waals surface area contributed by atoms with E-state index in [1.165, 1.54) is 10.9 Å². The number of rotatable bonds is 4. The van der Waals surface area contributed by atoms with Gasteiger partial charge in [0.15, 0.2) is 5.82 Å². The Morgan fingerprint density at radius 2 is 1.88 bits per heavy atom. The minimum atomic E-state index is -0.563. The van der Waals surface area contributed by atoms with Gasteiger partial charge in [-0.1, -0.05) is 51.5 Å². The molecule has 24 heavy (non-hydrogen) atoms. The lowest BCUT2D eigenvalue weighted by molar-refractivity contribution is 0.121. The fourth-order valence-electron chi connectivity index (χ4n) is 2.18. The number of nitrogens with zero attached hydrogens (tertiary/aromatic N) is 3. The zero-order valence-corrected chi connectivity index (χ0v) is 14.5. The molecule has 1 amide bonds. The molecule has 6 nitrogen and oxygen atoms in total. The maximum atomic E-state index is 12.1. The zero-order chi connectivity index (χ0) is 16.9. The number of carbonyl (C=O) groups is 1. The summed E-state index contributed by atoms with van der Waals surface area (Å²) >= 11 is 3.38. The Hall–Kier alpha value is -2.67. The first kappa shape index (κ1) is 16.2. The van der Waals surface area contributed by atoms with Gasteiger partial charge in [-0.05, 0) is 36.8 Å². The molecule has 0 bridgehead atoms. The smallest absolute Gasteiger partial charge is 0.413 e. The molecule has 0 fully saturated rings. The number of benzene rings is 2. The average Bonchev–Trinajstić information content (AvgIpc) is 3.04. The molecule has 3 aromatic rings. The molecule has 0 unspecified atom stereocenters. The van der Waals surface area contributed by atoms with Gasteiger partial charge in [-0.25, -0.2) is 4.79 Å². The molecule has 3 rings (SSSR count). The Morgan fingerprint density at radius 1 is 1.17 bits per heavy atom. The highest BCUT2D eigenvalue weighted by Crippen LogP contribution is 2.19. The van der Waals surface area contributed by atoms with Crippen LogP contribution in [-0.2, 0) is 4.74 Å². The van der Waals surface area contributed by atoms with Crippen LogP contribution < -0.4 is 5.32 Å². The predicted molar refractivity (Wildman–Crippen MR) is 94.0 cm³/mol. The molecule has 1 N–H and O–H groups in total. The molecule has 0 spiro atoms. The van der Waals surface area contributed by atoms with E-state index in [2.05, 4.69) is 31.6 Å². The molecule has 1 aromatic heterocycles. The van der Waals surface area contributed by atoms with Crippen molar-refractivity contribution in [1.82, 2.24) is 15.0 Å². The molecule has 0 aliphatic rings. The van der Waals surface area contributed by atoms with E-state index in [-0.39, 0.29) is 6.10 Å². The van der Waals surface area contributed by atoms with Gasteiger partial charge in [-0.15, -0.1) is 5.10 Å². The fraction of sp³-hybridized carbons (Fsp3) is 0.118. The van der Waals surface area contributed by atoms with Crippen LogP contribution in [0.4, 0.5) is 10.6 Å². The van der Waals surface area contributed by atoms with E-state index in [0.29, 0.717) is 5.82 Å². The molecule has 2 aromatic carbocycles. The van der Waals surface area contributed by atoms with Crippen LogP contribution in [0.5, 0.6) is 0 Å². The van der Waals surface area contributed by atoms with Crippen molar-refractivity contribution in [2.75, 3.05) is 5.32 Å². The largest absolute Gasteiger partial charge is 0.441 e. The van der Waals surface area contributed by atoms with Crippen molar-refractivity contribution in [3.8, 4) is 5.69 Å². The first-order chi connectivity index (χ1) is 11.6. The monoisotopic (exact) mass is 386 g/mol. The van der Waals surface area contributed by atoms with Crippen LogP contribution in [0, 0.1) is 0 Å². The number of ether oxygens (including phenoxy) is 1. The third kappa shape index (κ3) is 3.80. The highest BCUT2D eigenvalue weighted by Gasteiger charge is 2.14. The van der Waals surface area contributed by atoms with Gasteiger partial charge in [0, 0.05) is 4.47 Å². The number of carbonyl (C=O) groups excluding carboxylic acids is 1. The highest BCUT2D eigenvalue weighted by atomic mass is 79.9. The molecule has 0 aliphatic carbocycles. The van der Waals surface area contributed by atoms with Crippen molar-refractivity contribution in [2.24, 2.45) is 0 Å². The molecule has 7 heteroatoms. The van der Waals surface area contributed by atoms with E-state index >= 15 is 0 Å². The lowest BCUT2D eigenvalue weighted by atomic mass is 10.1. The Morgan fingerprint density at radius 3 is 2.58 bits per heavy atom.